The van der Waals surface area contributed by atoms with Crippen LogP contribution in [0.1, 0.15) is 26.3 Å². The average molecular weight is 352 g/mol. The summed E-state index contributed by atoms with van der Waals surface area (Å²) in [6, 6.07) is 8.07. The third kappa shape index (κ3) is 3.82. The molecule has 6 heteroatoms. The highest BCUT2D eigenvalue weighted by Crippen LogP contribution is 2.39. The first kappa shape index (κ1) is 19.0. The van der Waals surface area contributed by atoms with Gasteiger partial charge in [-0.3, -0.25) is 0 Å². The number of nitrogens with zero attached hydrogens (tertiary/aromatic N) is 2. The number of anilines is 1. The van der Waals surface area contributed by atoms with E-state index in [1.807, 2.05) is 25.2 Å². The van der Waals surface area contributed by atoms with Crippen molar-refractivity contribution in [2.75, 3.05) is 44.4 Å². The van der Waals surface area contributed by atoms with Crippen LogP contribution in [-0.4, -0.2) is 57.7 Å². The molecule has 24 heavy (non-hydrogen) atoms. The van der Waals surface area contributed by atoms with Crippen molar-refractivity contribution < 1.29 is 8.42 Å². The van der Waals surface area contributed by atoms with Gasteiger partial charge in [-0.25, -0.2) is 12.7 Å². The van der Waals surface area contributed by atoms with E-state index in [9.17, 15) is 8.42 Å². The molecule has 1 aliphatic heterocycles. The van der Waals surface area contributed by atoms with Gasteiger partial charge in [0.15, 0.2) is 0 Å². The van der Waals surface area contributed by atoms with Crippen molar-refractivity contribution in [2.45, 2.75) is 26.3 Å². The molecule has 0 fully saturated rings. The van der Waals surface area contributed by atoms with Crippen LogP contribution in [0.3, 0.4) is 0 Å². The molecule has 0 atom stereocenters. The summed E-state index contributed by atoms with van der Waals surface area (Å²) in [5.41, 5.74) is 2.80. The molecule has 0 saturated heterocycles. The van der Waals surface area contributed by atoms with E-state index in [-0.39, 0.29) is 11.3 Å². The molecule has 5 nitrogen and oxygen atoms in total. The molecule has 1 aromatic rings. The van der Waals surface area contributed by atoms with Crippen LogP contribution >= 0.6 is 0 Å². The number of hydrogen-bond donors (Lipinski definition) is 1. The number of nitrogens with one attached hydrogen (secondary N) is 1. The van der Waals surface area contributed by atoms with Crippen molar-refractivity contribution in [3.05, 3.63) is 35.9 Å². The van der Waals surface area contributed by atoms with Gasteiger partial charge in [-0.1, -0.05) is 24.3 Å². The fourth-order valence-electron chi connectivity index (χ4n) is 3.29. The van der Waals surface area contributed by atoms with Gasteiger partial charge >= 0.3 is 0 Å². The lowest BCUT2D eigenvalue weighted by Gasteiger charge is -2.43. The Morgan fingerprint density at radius 3 is 2.54 bits per heavy atom. The summed E-state index contributed by atoms with van der Waals surface area (Å²) >= 11 is 0. The van der Waals surface area contributed by atoms with E-state index < -0.39 is 10.0 Å². The van der Waals surface area contributed by atoms with Crippen LogP contribution in [0.15, 0.2) is 30.3 Å². The van der Waals surface area contributed by atoms with Crippen LogP contribution in [0.4, 0.5) is 5.69 Å². The van der Waals surface area contributed by atoms with E-state index >= 15 is 0 Å². The molecule has 1 heterocycles. The largest absolute Gasteiger partial charge is 0.363 e. The van der Waals surface area contributed by atoms with Crippen LogP contribution in [0.25, 0.3) is 5.57 Å². The van der Waals surface area contributed by atoms with Crippen molar-refractivity contribution in [3.8, 4) is 0 Å². The number of para-hydroxylation sites is 1. The van der Waals surface area contributed by atoms with Crippen molar-refractivity contribution in [3.63, 3.8) is 0 Å². The fraction of sp³-hybridized carbons (Fsp3) is 0.556. The number of hydrogen-bond acceptors (Lipinski definition) is 4. The van der Waals surface area contributed by atoms with E-state index in [0.29, 0.717) is 13.1 Å². The molecule has 2 rings (SSSR count). The zero-order valence-corrected chi connectivity index (χ0v) is 16.2. The number of benzene rings is 1. The van der Waals surface area contributed by atoms with Crippen molar-refractivity contribution in [1.29, 1.82) is 0 Å². The minimum absolute atomic E-state index is 0.0329. The lowest BCUT2D eigenvalue weighted by Crippen LogP contribution is -2.45. The second-order valence-corrected chi connectivity index (χ2v) is 8.84. The number of fused-ring (bicyclic) bond motifs is 1. The lowest BCUT2D eigenvalue weighted by molar-refractivity contribution is 0.468. The molecule has 0 saturated carbocycles. The highest BCUT2D eigenvalue weighted by Gasteiger charge is 2.33. The van der Waals surface area contributed by atoms with E-state index in [4.69, 9.17) is 0 Å². The summed E-state index contributed by atoms with van der Waals surface area (Å²) in [5, 5.41) is 2.99. The molecule has 0 amide bonds. The smallest absolute Gasteiger partial charge is 0.218 e. The maximum absolute atomic E-state index is 12.7. The second kappa shape index (κ2) is 7.25. The van der Waals surface area contributed by atoms with Gasteiger partial charge in [-0.05, 0) is 39.5 Å². The van der Waals surface area contributed by atoms with Crippen LogP contribution < -0.4 is 10.2 Å². The van der Waals surface area contributed by atoms with Gasteiger partial charge in [0.1, 0.15) is 0 Å². The van der Waals surface area contributed by atoms with Gasteiger partial charge in [0.2, 0.25) is 10.0 Å². The van der Waals surface area contributed by atoms with Gasteiger partial charge in [-0.2, -0.15) is 0 Å². The van der Waals surface area contributed by atoms with E-state index in [1.165, 1.54) is 4.31 Å². The second-order valence-electron chi connectivity index (χ2n) is 6.77. The first-order valence-corrected chi connectivity index (χ1v) is 10.0. The zero-order chi connectivity index (χ0) is 18.0. The third-order valence-electron chi connectivity index (χ3n) is 4.57. The zero-order valence-electron chi connectivity index (χ0n) is 15.3. The Morgan fingerprint density at radius 1 is 1.25 bits per heavy atom. The standard InChI is InChI=1S/C18H29N3O2S/c1-6-21-17-10-8-7-9-16(17)15(13-18(21,2)3)14-24(22,23)20(5)12-11-19-4/h7-10,13,19H,6,11-12,14H2,1-5H3. The first-order chi connectivity index (χ1) is 11.2. The topological polar surface area (TPSA) is 52.7 Å². The molecule has 0 bridgehead atoms. The number of sulfonamides is 1. The van der Waals surface area contributed by atoms with E-state index in [1.54, 1.807) is 7.05 Å². The van der Waals surface area contributed by atoms with E-state index in [0.717, 1.165) is 23.4 Å². The Labute approximate surface area is 146 Å². The molecule has 1 aromatic carbocycles. The number of rotatable bonds is 7. The summed E-state index contributed by atoms with van der Waals surface area (Å²) in [6.45, 7) is 8.37. The van der Waals surface area contributed by atoms with Gasteiger partial charge < -0.3 is 10.2 Å². The summed E-state index contributed by atoms with van der Waals surface area (Å²) in [4.78, 5) is 2.31. The minimum atomic E-state index is -3.34. The minimum Gasteiger partial charge on any atom is -0.363 e. The van der Waals surface area contributed by atoms with Crippen LogP contribution in [-0.2, 0) is 10.0 Å². The van der Waals surface area contributed by atoms with Gasteiger partial charge in [0, 0.05) is 37.9 Å². The summed E-state index contributed by atoms with van der Waals surface area (Å²) in [6.07, 6.45) is 2.10. The molecule has 0 aliphatic carbocycles. The SMILES string of the molecule is CCN1c2ccccc2C(CS(=O)(=O)N(C)CCNC)=CC1(C)C. The molecule has 1 aliphatic rings. The Morgan fingerprint density at radius 2 is 1.92 bits per heavy atom. The average Bonchev–Trinajstić information content (AvgIpc) is 2.51. The highest BCUT2D eigenvalue weighted by atomic mass is 32.2. The normalized spacial score (nSPS) is 16.9. The Bertz CT molecular complexity index is 711. The van der Waals surface area contributed by atoms with Gasteiger partial charge in [0.25, 0.3) is 0 Å². The van der Waals surface area contributed by atoms with Crippen molar-refractivity contribution >= 4 is 21.3 Å². The third-order valence-corrected chi connectivity index (χ3v) is 6.38. The van der Waals surface area contributed by atoms with Crippen molar-refractivity contribution in [1.82, 2.24) is 9.62 Å². The highest BCUT2D eigenvalue weighted by molar-refractivity contribution is 7.89. The van der Waals surface area contributed by atoms with Crippen LogP contribution in [0.5, 0.6) is 0 Å². The Kier molecular flexibility index (Phi) is 5.73. The number of likely N-dealkylation sites (N-methyl/N-ethyl adjacent to an activating group) is 3. The first-order valence-electron chi connectivity index (χ1n) is 8.40. The molecule has 0 aromatic heterocycles. The molecular formula is C18H29N3O2S. The molecule has 0 spiro atoms. The van der Waals surface area contributed by atoms with Crippen LogP contribution in [0, 0.1) is 0 Å². The summed E-state index contributed by atoms with van der Waals surface area (Å²) in [5.74, 6) is 0.0329. The Hall–Kier alpha value is -1.37. The van der Waals surface area contributed by atoms with Gasteiger partial charge in [0.05, 0.1) is 11.3 Å². The predicted molar refractivity (Wildman–Crippen MR) is 102 cm³/mol. The fourth-order valence-corrected chi connectivity index (χ4v) is 4.51. The quantitative estimate of drug-likeness (QED) is 0.818. The maximum atomic E-state index is 12.7. The lowest BCUT2D eigenvalue weighted by atomic mass is 9.89. The molecule has 1 N–H and O–H groups in total. The van der Waals surface area contributed by atoms with Crippen LogP contribution in [0.2, 0.25) is 0 Å². The van der Waals surface area contributed by atoms with Gasteiger partial charge in [-0.15, -0.1) is 0 Å². The predicted octanol–water partition coefficient (Wildman–Crippen LogP) is 2.17. The summed E-state index contributed by atoms with van der Waals surface area (Å²) < 4.78 is 26.9. The van der Waals surface area contributed by atoms with E-state index in [2.05, 4.69) is 43.1 Å². The molecule has 0 unspecified atom stereocenters. The summed E-state index contributed by atoms with van der Waals surface area (Å²) in [7, 11) is 0.123. The molecule has 0 radical (unpaired) electrons. The maximum Gasteiger partial charge on any atom is 0.218 e. The molecule has 134 valence electrons. The van der Waals surface area contributed by atoms with Crippen molar-refractivity contribution in [2.24, 2.45) is 0 Å². The monoisotopic (exact) mass is 351 g/mol. The molecular weight excluding hydrogens is 322 g/mol. The Balaban J connectivity index is 2.38.